The predicted octanol–water partition coefficient (Wildman–Crippen LogP) is 9.76. The van der Waals surface area contributed by atoms with Gasteiger partial charge in [0.05, 0.1) is 12.1 Å². The van der Waals surface area contributed by atoms with Gasteiger partial charge in [-0.1, -0.05) is 125 Å². The fourth-order valence-electron chi connectivity index (χ4n) is 8.75. The molecule has 0 saturated carbocycles. The maximum atomic E-state index is 14.3. The lowest BCUT2D eigenvalue weighted by Gasteiger charge is -2.42. The van der Waals surface area contributed by atoms with Crippen LogP contribution < -0.4 is 0 Å². The summed E-state index contributed by atoms with van der Waals surface area (Å²) in [5, 5.41) is 0. The van der Waals surface area contributed by atoms with E-state index in [1.54, 1.807) is 0 Å². The largest absolute Gasteiger partial charge is 0.447 e. The number of benzene rings is 4. The van der Waals surface area contributed by atoms with Crippen molar-refractivity contribution in [1.82, 2.24) is 9.80 Å². The number of hydrogen-bond acceptors (Lipinski definition) is 6. The van der Waals surface area contributed by atoms with Gasteiger partial charge in [0.15, 0.2) is 0 Å². The fraction of sp³-hybridized carbons (Fsp3) is 0.435. The fourth-order valence-corrected chi connectivity index (χ4v) is 8.75. The monoisotopic (exact) mass is 700 g/mol. The molecule has 6 nitrogen and oxygen atoms in total. The zero-order chi connectivity index (χ0) is 36.5. The van der Waals surface area contributed by atoms with Crippen molar-refractivity contribution < 1.29 is 19.1 Å². The van der Waals surface area contributed by atoms with E-state index in [9.17, 15) is 9.59 Å². The van der Waals surface area contributed by atoms with Crippen molar-refractivity contribution in [2.75, 3.05) is 26.2 Å². The first-order valence-corrected chi connectivity index (χ1v) is 19.7. The minimum atomic E-state index is -0.917. The summed E-state index contributed by atoms with van der Waals surface area (Å²) in [5.41, 5.74) is 8.59. The summed E-state index contributed by atoms with van der Waals surface area (Å²) < 4.78 is 13.0. The standard InChI is InChI=1S/C46H56N2O4/c1-5-29-47(30-6-2)39-27-25-35-21-15-23-37(33-17-11-9-12-18-33)41(35)43(39)51-45(49)46(50)52-44-40(48(31-7-3)32-8-4)28-26-36-22-16-24-38(42(36)44)34-19-13-10-14-20-34/h9-24,39-40,43-44H,5-8,25-32H2,1-4H3. The van der Waals surface area contributed by atoms with Crippen LogP contribution in [0.4, 0.5) is 0 Å². The van der Waals surface area contributed by atoms with Crippen LogP contribution in [0, 0.1) is 0 Å². The van der Waals surface area contributed by atoms with E-state index in [0.717, 1.165) is 111 Å². The Morgan fingerprint density at radius 2 is 0.885 bits per heavy atom. The highest BCUT2D eigenvalue weighted by atomic mass is 16.6. The van der Waals surface area contributed by atoms with Gasteiger partial charge in [0.2, 0.25) is 0 Å². The first-order chi connectivity index (χ1) is 25.5. The molecule has 0 spiro atoms. The third-order valence-electron chi connectivity index (χ3n) is 10.9. The molecule has 4 atom stereocenters. The number of hydrogen-bond donors (Lipinski definition) is 0. The van der Waals surface area contributed by atoms with Crippen LogP contribution in [0.15, 0.2) is 97.1 Å². The van der Waals surface area contributed by atoms with Gasteiger partial charge in [-0.3, -0.25) is 9.80 Å². The third kappa shape index (κ3) is 8.19. The zero-order valence-electron chi connectivity index (χ0n) is 31.6. The molecule has 0 radical (unpaired) electrons. The van der Waals surface area contributed by atoms with Crippen LogP contribution in [0.25, 0.3) is 22.3 Å². The second-order valence-corrected chi connectivity index (χ2v) is 14.4. The predicted molar refractivity (Wildman–Crippen MR) is 210 cm³/mol. The van der Waals surface area contributed by atoms with E-state index in [0.29, 0.717) is 0 Å². The van der Waals surface area contributed by atoms with Gasteiger partial charge >= 0.3 is 11.9 Å². The lowest BCUT2D eigenvalue weighted by molar-refractivity contribution is -0.179. The highest BCUT2D eigenvalue weighted by molar-refractivity contribution is 6.29. The number of aryl methyl sites for hydroxylation is 2. The van der Waals surface area contributed by atoms with Crippen molar-refractivity contribution in [2.24, 2.45) is 0 Å². The first kappa shape index (κ1) is 37.5. The lowest BCUT2D eigenvalue weighted by atomic mass is 9.80. The molecule has 6 rings (SSSR count). The minimum Gasteiger partial charge on any atom is -0.447 e. The van der Waals surface area contributed by atoms with E-state index in [2.05, 4.69) is 98.2 Å². The van der Waals surface area contributed by atoms with E-state index >= 15 is 0 Å². The summed E-state index contributed by atoms with van der Waals surface area (Å²) in [6, 6.07) is 33.2. The van der Waals surface area contributed by atoms with Crippen molar-refractivity contribution in [3.05, 3.63) is 119 Å². The van der Waals surface area contributed by atoms with Crippen LogP contribution in [0.3, 0.4) is 0 Å². The van der Waals surface area contributed by atoms with Gasteiger partial charge in [-0.2, -0.15) is 0 Å². The number of carbonyl (C=O) groups excluding carboxylic acids is 2. The van der Waals surface area contributed by atoms with Gasteiger partial charge in [-0.25, -0.2) is 9.59 Å². The highest BCUT2D eigenvalue weighted by Crippen LogP contribution is 2.44. The Morgan fingerprint density at radius 3 is 1.23 bits per heavy atom. The Labute approximate surface area is 311 Å². The molecule has 0 aliphatic heterocycles. The van der Waals surface area contributed by atoms with Gasteiger partial charge in [-0.05, 0) is 111 Å². The second kappa shape index (κ2) is 18.0. The maximum Gasteiger partial charge on any atom is 0.418 e. The van der Waals surface area contributed by atoms with Crippen molar-refractivity contribution >= 4 is 11.9 Å². The van der Waals surface area contributed by atoms with Crippen LogP contribution in [0.2, 0.25) is 0 Å². The van der Waals surface area contributed by atoms with Crippen LogP contribution in [0.1, 0.15) is 101 Å². The topological polar surface area (TPSA) is 59.1 Å². The third-order valence-corrected chi connectivity index (χ3v) is 10.9. The van der Waals surface area contributed by atoms with Gasteiger partial charge in [0.25, 0.3) is 0 Å². The van der Waals surface area contributed by atoms with Crippen molar-refractivity contribution in [2.45, 2.75) is 103 Å². The molecule has 2 aliphatic carbocycles. The molecule has 0 fully saturated rings. The quantitative estimate of drug-likeness (QED) is 0.0965. The number of esters is 2. The molecule has 274 valence electrons. The number of carbonyl (C=O) groups is 2. The zero-order valence-corrected chi connectivity index (χ0v) is 31.6. The van der Waals surface area contributed by atoms with Gasteiger partial charge in [-0.15, -0.1) is 0 Å². The average molecular weight is 701 g/mol. The Kier molecular flexibility index (Phi) is 13.0. The molecule has 0 bridgehead atoms. The highest BCUT2D eigenvalue weighted by Gasteiger charge is 2.42. The summed E-state index contributed by atoms with van der Waals surface area (Å²) in [6.45, 7) is 12.3. The summed E-state index contributed by atoms with van der Waals surface area (Å²) in [7, 11) is 0. The van der Waals surface area contributed by atoms with Crippen LogP contribution in [0.5, 0.6) is 0 Å². The Morgan fingerprint density at radius 1 is 0.519 bits per heavy atom. The maximum absolute atomic E-state index is 14.3. The molecule has 4 aromatic rings. The molecule has 2 aliphatic rings. The molecule has 4 unspecified atom stereocenters. The van der Waals surface area contributed by atoms with Crippen molar-refractivity contribution in [1.29, 1.82) is 0 Å². The van der Waals surface area contributed by atoms with Gasteiger partial charge in [0, 0.05) is 11.1 Å². The molecule has 52 heavy (non-hydrogen) atoms. The number of nitrogens with zero attached hydrogens (tertiary/aromatic N) is 2. The molecule has 0 heterocycles. The van der Waals surface area contributed by atoms with E-state index in [1.165, 1.54) is 11.1 Å². The molecular weight excluding hydrogens is 645 g/mol. The van der Waals surface area contributed by atoms with Crippen LogP contribution >= 0.6 is 0 Å². The van der Waals surface area contributed by atoms with Crippen LogP contribution in [-0.4, -0.2) is 60.0 Å². The van der Waals surface area contributed by atoms with Gasteiger partial charge in [0.1, 0.15) is 12.2 Å². The average Bonchev–Trinajstić information content (AvgIpc) is 3.18. The molecule has 0 amide bonds. The summed E-state index contributed by atoms with van der Waals surface area (Å²) in [4.78, 5) is 33.5. The van der Waals surface area contributed by atoms with E-state index in [1.807, 2.05) is 36.4 Å². The number of fused-ring (bicyclic) bond motifs is 2. The number of ether oxygens (including phenoxy) is 2. The molecule has 4 aromatic carbocycles. The minimum absolute atomic E-state index is 0.0496. The molecular formula is C46H56N2O4. The van der Waals surface area contributed by atoms with E-state index < -0.39 is 24.1 Å². The smallest absolute Gasteiger partial charge is 0.418 e. The summed E-state index contributed by atoms with van der Waals surface area (Å²) in [5.74, 6) is -1.83. The lowest BCUT2D eigenvalue weighted by Crippen LogP contribution is -2.46. The van der Waals surface area contributed by atoms with E-state index in [4.69, 9.17) is 9.47 Å². The molecule has 0 N–H and O–H groups in total. The van der Waals surface area contributed by atoms with Crippen molar-refractivity contribution in [3.8, 4) is 22.3 Å². The Bertz CT molecular complexity index is 1630. The SMILES string of the molecule is CCCN(CCC)C1CCc2cccc(-c3ccccc3)c2C1OC(=O)C(=O)OC1c2c(cccc2-c2ccccc2)CCC1N(CCC)CCC. The Hall–Kier alpha value is -4.26. The second-order valence-electron chi connectivity index (χ2n) is 14.4. The van der Waals surface area contributed by atoms with E-state index in [-0.39, 0.29) is 12.1 Å². The Balaban J connectivity index is 1.38. The molecule has 0 saturated heterocycles. The summed E-state index contributed by atoms with van der Waals surface area (Å²) >= 11 is 0. The van der Waals surface area contributed by atoms with Crippen LogP contribution in [-0.2, 0) is 31.9 Å². The number of rotatable bonds is 14. The van der Waals surface area contributed by atoms with Crippen molar-refractivity contribution in [3.63, 3.8) is 0 Å². The molecule has 0 aromatic heterocycles. The molecule has 6 heteroatoms. The van der Waals surface area contributed by atoms with Gasteiger partial charge < -0.3 is 9.47 Å². The normalized spacial score (nSPS) is 19.6. The summed E-state index contributed by atoms with van der Waals surface area (Å²) in [6.07, 6.45) is 6.21. The first-order valence-electron chi connectivity index (χ1n) is 19.7.